The van der Waals surface area contributed by atoms with Crippen molar-refractivity contribution in [3.63, 3.8) is 0 Å². The average molecular weight is 369 g/mol. The lowest BCUT2D eigenvalue weighted by molar-refractivity contribution is -0.137. The van der Waals surface area contributed by atoms with Gasteiger partial charge in [0.2, 0.25) is 0 Å². The van der Waals surface area contributed by atoms with Crippen LogP contribution < -0.4 is 19.9 Å². The van der Waals surface area contributed by atoms with E-state index in [1.54, 1.807) is 57.2 Å². The number of esters is 2. The topological polar surface area (TPSA) is 87.9 Å². The van der Waals surface area contributed by atoms with Gasteiger partial charge in [-0.15, -0.1) is 0 Å². The second-order valence-corrected chi connectivity index (χ2v) is 6.36. The van der Waals surface area contributed by atoms with Gasteiger partial charge in [0, 0.05) is 17.2 Å². The van der Waals surface area contributed by atoms with Gasteiger partial charge in [-0.3, -0.25) is 4.79 Å². The summed E-state index contributed by atoms with van der Waals surface area (Å²) in [6, 6.07) is 10.1. The number of anilines is 1. The molecule has 6 heteroatoms. The van der Waals surface area contributed by atoms with Gasteiger partial charge in [-0.2, -0.15) is 0 Å². The van der Waals surface area contributed by atoms with E-state index in [0.29, 0.717) is 28.5 Å². The van der Waals surface area contributed by atoms with Crippen molar-refractivity contribution in [1.82, 2.24) is 0 Å². The lowest BCUT2D eigenvalue weighted by Crippen LogP contribution is -2.15. The van der Waals surface area contributed by atoms with E-state index in [4.69, 9.17) is 19.9 Å². The Morgan fingerprint density at radius 2 is 1.74 bits per heavy atom. The summed E-state index contributed by atoms with van der Waals surface area (Å²) in [7, 11) is 1.52. The Labute approximate surface area is 158 Å². The molecule has 0 saturated carbocycles. The fraction of sp³-hybridized carbons (Fsp3) is 0.238. The first-order valence-electron chi connectivity index (χ1n) is 8.40. The van der Waals surface area contributed by atoms with Crippen LogP contribution in [0, 0.1) is 5.92 Å². The van der Waals surface area contributed by atoms with Crippen LogP contribution in [0.1, 0.15) is 20.8 Å². The molecular formula is C21H23NO5. The zero-order valence-corrected chi connectivity index (χ0v) is 15.9. The molecular weight excluding hydrogens is 346 g/mol. The molecule has 0 aliphatic rings. The van der Waals surface area contributed by atoms with Crippen molar-refractivity contribution in [1.29, 1.82) is 0 Å². The Hall–Kier alpha value is -3.28. The van der Waals surface area contributed by atoms with Crippen molar-refractivity contribution in [3.05, 3.63) is 48.6 Å². The largest absolute Gasteiger partial charge is 0.496 e. The van der Waals surface area contributed by atoms with Crippen LogP contribution in [0.15, 0.2) is 48.6 Å². The molecule has 0 saturated heterocycles. The average Bonchev–Trinajstić information content (AvgIpc) is 2.62. The van der Waals surface area contributed by atoms with E-state index in [9.17, 15) is 9.59 Å². The smallest absolute Gasteiger partial charge is 0.338 e. The molecule has 27 heavy (non-hydrogen) atoms. The van der Waals surface area contributed by atoms with Crippen LogP contribution in [0.2, 0.25) is 0 Å². The van der Waals surface area contributed by atoms with Crippen LogP contribution in [0.4, 0.5) is 5.69 Å². The van der Waals surface area contributed by atoms with Crippen molar-refractivity contribution in [3.8, 4) is 28.4 Å². The highest BCUT2D eigenvalue weighted by Crippen LogP contribution is 2.36. The van der Waals surface area contributed by atoms with Gasteiger partial charge in [-0.05, 0) is 36.8 Å². The number of carbonyl (C=O) groups is 2. The predicted octanol–water partition coefficient (Wildman–Crippen LogP) is 3.99. The molecule has 0 unspecified atom stereocenters. The second kappa shape index (κ2) is 8.40. The van der Waals surface area contributed by atoms with Crippen molar-refractivity contribution < 1.29 is 23.8 Å². The number of carbonyl (C=O) groups excluding carboxylic acids is 2. The summed E-state index contributed by atoms with van der Waals surface area (Å²) in [4.78, 5) is 23.4. The quantitative estimate of drug-likeness (QED) is 0.358. The number of methoxy groups -OCH3 is 1. The number of benzene rings is 2. The molecule has 2 aromatic carbocycles. The zero-order chi connectivity index (χ0) is 20.1. The van der Waals surface area contributed by atoms with Gasteiger partial charge in [0.15, 0.2) is 5.75 Å². The van der Waals surface area contributed by atoms with Crippen LogP contribution >= 0.6 is 0 Å². The Morgan fingerprint density at radius 1 is 1.04 bits per heavy atom. The standard InChI is InChI=1S/C21H23NO5/c1-12(2)20(23)26-15-7-8-16(19(11-15)25-5)14-6-9-18(17(22)10-14)27-21(24)13(3)4/h6-11,13H,1,22H2,2-5H3. The number of nitrogen functional groups attached to an aromatic ring is 1. The minimum Gasteiger partial charge on any atom is -0.496 e. The summed E-state index contributed by atoms with van der Waals surface area (Å²) in [5, 5.41) is 0. The summed E-state index contributed by atoms with van der Waals surface area (Å²) in [5.41, 5.74) is 8.19. The van der Waals surface area contributed by atoms with Crippen molar-refractivity contribution >= 4 is 17.6 Å². The molecule has 0 spiro atoms. The highest BCUT2D eigenvalue weighted by molar-refractivity contribution is 5.89. The van der Waals surface area contributed by atoms with Crippen molar-refractivity contribution in [2.75, 3.05) is 12.8 Å². The fourth-order valence-electron chi connectivity index (χ4n) is 2.20. The Balaban J connectivity index is 2.32. The molecule has 0 fully saturated rings. The number of nitrogens with two attached hydrogens (primary N) is 1. The molecule has 0 amide bonds. The van der Waals surface area contributed by atoms with Gasteiger partial charge in [-0.25, -0.2) is 4.79 Å². The summed E-state index contributed by atoms with van der Waals surface area (Å²) in [6.45, 7) is 8.63. The van der Waals surface area contributed by atoms with Crippen LogP contribution in [0.25, 0.3) is 11.1 Å². The lowest BCUT2D eigenvalue weighted by Gasteiger charge is -2.13. The summed E-state index contributed by atoms with van der Waals surface area (Å²) >= 11 is 0. The molecule has 0 heterocycles. The maximum atomic E-state index is 11.7. The lowest BCUT2D eigenvalue weighted by atomic mass is 10.0. The monoisotopic (exact) mass is 369 g/mol. The number of ether oxygens (including phenoxy) is 3. The van der Waals surface area contributed by atoms with Gasteiger partial charge < -0.3 is 19.9 Å². The molecule has 0 atom stereocenters. The SMILES string of the molecule is C=C(C)C(=O)Oc1ccc(-c2ccc(OC(=O)C(C)C)c(N)c2)c(OC)c1. The highest BCUT2D eigenvalue weighted by atomic mass is 16.5. The zero-order valence-electron chi connectivity index (χ0n) is 15.9. The molecule has 2 rings (SSSR count). The van der Waals surface area contributed by atoms with Crippen LogP contribution in [-0.4, -0.2) is 19.0 Å². The third-order valence-corrected chi connectivity index (χ3v) is 3.73. The maximum Gasteiger partial charge on any atom is 0.338 e. The van der Waals surface area contributed by atoms with E-state index < -0.39 is 5.97 Å². The summed E-state index contributed by atoms with van der Waals surface area (Å²) in [6.07, 6.45) is 0. The van der Waals surface area contributed by atoms with Crippen LogP contribution in [0.5, 0.6) is 17.2 Å². The van der Waals surface area contributed by atoms with Gasteiger partial charge in [-0.1, -0.05) is 26.5 Å². The van der Waals surface area contributed by atoms with E-state index >= 15 is 0 Å². The van der Waals surface area contributed by atoms with E-state index in [1.807, 2.05) is 0 Å². The molecule has 0 bridgehead atoms. The first-order valence-corrected chi connectivity index (χ1v) is 8.40. The molecule has 0 aromatic heterocycles. The Bertz CT molecular complexity index is 886. The van der Waals surface area contributed by atoms with Gasteiger partial charge in [0.05, 0.1) is 18.7 Å². The number of rotatable bonds is 6. The number of hydrogen-bond donors (Lipinski definition) is 1. The first kappa shape index (κ1) is 20.0. The molecule has 0 radical (unpaired) electrons. The number of hydrogen-bond acceptors (Lipinski definition) is 6. The van der Waals surface area contributed by atoms with Crippen molar-refractivity contribution in [2.24, 2.45) is 5.92 Å². The summed E-state index contributed by atoms with van der Waals surface area (Å²) < 4.78 is 15.9. The predicted molar refractivity (Wildman–Crippen MR) is 104 cm³/mol. The normalized spacial score (nSPS) is 10.4. The third-order valence-electron chi connectivity index (χ3n) is 3.73. The van der Waals surface area contributed by atoms with Crippen LogP contribution in [0.3, 0.4) is 0 Å². The van der Waals surface area contributed by atoms with Gasteiger partial charge in [0.1, 0.15) is 11.5 Å². The fourth-order valence-corrected chi connectivity index (χ4v) is 2.20. The Morgan fingerprint density at radius 3 is 2.30 bits per heavy atom. The van der Waals surface area contributed by atoms with E-state index in [0.717, 1.165) is 11.1 Å². The molecule has 6 nitrogen and oxygen atoms in total. The Kier molecular flexibility index (Phi) is 6.23. The minimum absolute atomic E-state index is 0.251. The summed E-state index contributed by atoms with van der Waals surface area (Å²) in [5.74, 6) is 0.0514. The molecule has 2 aromatic rings. The third kappa shape index (κ3) is 4.88. The van der Waals surface area contributed by atoms with Gasteiger partial charge >= 0.3 is 11.9 Å². The maximum absolute atomic E-state index is 11.7. The molecule has 2 N–H and O–H groups in total. The van der Waals surface area contributed by atoms with E-state index in [2.05, 4.69) is 6.58 Å². The van der Waals surface area contributed by atoms with Crippen LogP contribution in [-0.2, 0) is 9.59 Å². The molecule has 0 aliphatic carbocycles. The highest BCUT2D eigenvalue weighted by Gasteiger charge is 2.15. The van der Waals surface area contributed by atoms with E-state index in [-0.39, 0.29) is 11.9 Å². The van der Waals surface area contributed by atoms with Gasteiger partial charge in [0.25, 0.3) is 0 Å². The minimum atomic E-state index is -0.509. The molecule has 142 valence electrons. The first-order chi connectivity index (χ1) is 12.7. The molecule has 0 aliphatic heterocycles. The second-order valence-electron chi connectivity index (χ2n) is 6.36. The van der Waals surface area contributed by atoms with E-state index in [1.165, 1.54) is 7.11 Å². The van der Waals surface area contributed by atoms with Crippen molar-refractivity contribution in [2.45, 2.75) is 20.8 Å².